The topological polar surface area (TPSA) is 152 Å². The van der Waals surface area contributed by atoms with Crippen molar-refractivity contribution in [3.8, 4) is 6.07 Å². The monoisotopic (exact) mass is 457 g/mol. The summed E-state index contributed by atoms with van der Waals surface area (Å²) in [5.41, 5.74) is 11.0. The van der Waals surface area contributed by atoms with Gasteiger partial charge in [0.05, 0.1) is 12.1 Å². The molecule has 1 saturated heterocycles. The number of esters is 1. The van der Waals surface area contributed by atoms with E-state index in [-0.39, 0.29) is 30.4 Å². The van der Waals surface area contributed by atoms with Gasteiger partial charge in [0, 0.05) is 12.5 Å². The molecule has 1 aliphatic heterocycles. The van der Waals surface area contributed by atoms with Crippen LogP contribution >= 0.6 is 0 Å². The molecule has 0 aromatic heterocycles. The summed E-state index contributed by atoms with van der Waals surface area (Å²) in [6.07, 6.45) is 7.20. The molecule has 7 atom stereocenters. The molecule has 2 amide bonds. The van der Waals surface area contributed by atoms with Crippen molar-refractivity contribution < 1.29 is 19.1 Å². The summed E-state index contributed by atoms with van der Waals surface area (Å²) in [6.45, 7) is 0. The van der Waals surface area contributed by atoms with Crippen molar-refractivity contribution in [2.45, 2.75) is 94.0 Å². The normalized spacial score (nSPS) is 41.7. The molecule has 6 aliphatic rings. The molecule has 5 saturated carbocycles. The minimum absolute atomic E-state index is 0.0930. The van der Waals surface area contributed by atoms with E-state index in [1.54, 1.807) is 11.9 Å². The van der Waals surface area contributed by atoms with Gasteiger partial charge in [0.25, 0.3) is 0 Å². The smallest absolute Gasteiger partial charge is 0.323 e. The molecule has 0 aromatic rings. The molecular weight excluding hydrogens is 422 g/mol. The maximum atomic E-state index is 13.6. The van der Waals surface area contributed by atoms with Gasteiger partial charge < -0.3 is 26.4 Å². The first-order valence-electron chi connectivity index (χ1n) is 12.3. The Morgan fingerprint density at radius 2 is 1.88 bits per heavy atom. The number of hydrogen-bond acceptors (Lipinski definition) is 7. The Balaban J connectivity index is 1.34. The molecule has 5 aliphatic carbocycles. The molecule has 0 spiro atoms. The van der Waals surface area contributed by atoms with Gasteiger partial charge in [-0.1, -0.05) is 0 Å². The summed E-state index contributed by atoms with van der Waals surface area (Å²) in [7, 11) is 1.68. The van der Waals surface area contributed by atoms with Crippen LogP contribution in [0.4, 0.5) is 0 Å². The number of nitriles is 1. The van der Waals surface area contributed by atoms with Crippen molar-refractivity contribution in [3.63, 3.8) is 0 Å². The van der Waals surface area contributed by atoms with Crippen molar-refractivity contribution in [3.05, 3.63) is 0 Å². The maximum absolute atomic E-state index is 13.6. The van der Waals surface area contributed by atoms with Crippen LogP contribution in [0.15, 0.2) is 0 Å². The van der Waals surface area contributed by atoms with Gasteiger partial charge in [0.15, 0.2) is 0 Å². The third-order valence-corrected chi connectivity index (χ3v) is 9.12. The lowest BCUT2D eigenvalue weighted by Gasteiger charge is -2.62. The number of likely N-dealkylation sites (tertiary alicyclic amines) is 1. The summed E-state index contributed by atoms with van der Waals surface area (Å²) in [4.78, 5) is 39.6. The number of nitrogens with two attached hydrogens (primary N) is 2. The molecule has 6 rings (SSSR count). The molecule has 6 fully saturated rings. The Morgan fingerprint density at radius 3 is 2.48 bits per heavy atom. The lowest BCUT2D eigenvalue weighted by Crippen LogP contribution is -2.66. The molecule has 9 nitrogen and oxygen atoms in total. The molecule has 0 aromatic carbocycles. The highest BCUT2D eigenvalue weighted by Gasteiger charge is 2.64. The molecule has 4 bridgehead atoms. The molecule has 5 N–H and O–H groups in total. The minimum atomic E-state index is -0.674. The van der Waals surface area contributed by atoms with Crippen LogP contribution in [-0.2, 0) is 19.1 Å². The van der Waals surface area contributed by atoms with Crippen LogP contribution < -0.4 is 16.8 Å². The van der Waals surface area contributed by atoms with E-state index >= 15 is 0 Å². The highest BCUT2D eigenvalue weighted by atomic mass is 16.6. The number of ether oxygens (including phenoxy) is 1. The number of fused-ring (bicyclic) bond motifs is 1. The highest BCUT2D eigenvalue weighted by molar-refractivity contribution is 5.84. The van der Waals surface area contributed by atoms with Gasteiger partial charge >= 0.3 is 5.97 Å². The quantitative estimate of drug-likeness (QED) is 0.450. The van der Waals surface area contributed by atoms with Crippen LogP contribution in [-0.4, -0.2) is 59.5 Å². The lowest BCUT2D eigenvalue weighted by atomic mass is 9.46. The summed E-state index contributed by atoms with van der Waals surface area (Å²) >= 11 is 0. The first kappa shape index (κ1) is 22.6. The molecule has 0 radical (unpaired) electrons. The summed E-state index contributed by atoms with van der Waals surface area (Å²) in [6, 6.07) is 0.840. The summed E-state index contributed by atoms with van der Waals surface area (Å²) < 4.78 is 6.20. The fourth-order valence-corrected chi connectivity index (χ4v) is 7.99. The van der Waals surface area contributed by atoms with E-state index in [0.29, 0.717) is 30.6 Å². The fourth-order valence-electron chi connectivity index (χ4n) is 7.99. The number of rotatable bonds is 8. The van der Waals surface area contributed by atoms with E-state index in [4.69, 9.17) is 16.2 Å². The lowest BCUT2D eigenvalue weighted by molar-refractivity contribution is -0.207. The van der Waals surface area contributed by atoms with Gasteiger partial charge in [-0.05, 0) is 88.0 Å². The molecule has 1 heterocycles. The number of primary amides is 1. The number of carbonyl (C=O) groups excluding carboxylic acids is 3. The second kappa shape index (κ2) is 7.95. The summed E-state index contributed by atoms with van der Waals surface area (Å²) in [5, 5.41) is 12.5. The number of nitrogens with zero attached hydrogens (tertiary/aromatic N) is 2. The third kappa shape index (κ3) is 3.81. The van der Waals surface area contributed by atoms with E-state index in [9.17, 15) is 19.6 Å². The molecule has 33 heavy (non-hydrogen) atoms. The van der Waals surface area contributed by atoms with E-state index in [1.165, 1.54) is 0 Å². The Morgan fingerprint density at radius 1 is 1.18 bits per heavy atom. The van der Waals surface area contributed by atoms with Crippen LogP contribution in [0.1, 0.15) is 64.2 Å². The molecular formula is C24H35N5O4. The van der Waals surface area contributed by atoms with Gasteiger partial charge in [0.2, 0.25) is 11.8 Å². The first-order chi connectivity index (χ1) is 15.7. The number of carbonyl (C=O) groups is 3. The predicted octanol–water partition coefficient (Wildman–Crippen LogP) is 0.562. The van der Waals surface area contributed by atoms with Crippen LogP contribution in [0.2, 0.25) is 0 Å². The van der Waals surface area contributed by atoms with Gasteiger partial charge in [0.1, 0.15) is 17.7 Å². The number of hydrogen-bond donors (Lipinski definition) is 3. The number of likely N-dealkylation sites (N-methyl/N-ethyl adjacent to an activating group) is 1. The van der Waals surface area contributed by atoms with Crippen LogP contribution in [0.3, 0.4) is 0 Å². The number of nitrogens with one attached hydrogen (secondary N) is 1. The zero-order valence-electron chi connectivity index (χ0n) is 19.3. The Kier molecular flexibility index (Phi) is 5.44. The van der Waals surface area contributed by atoms with Gasteiger partial charge in [-0.3, -0.25) is 14.4 Å². The van der Waals surface area contributed by atoms with Gasteiger partial charge in [-0.25, -0.2) is 0 Å². The van der Waals surface area contributed by atoms with Crippen molar-refractivity contribution in [2.24, 2.45) is 34.6 Å². The number of amides is 2. The van der Waals surface area contributed by atoms with Crippen molar-refractivity contribution in [2.75, 3.05) is 7.05 Å². The van der Waals surface area contributed by atoms with Crippen LogP contribution in [0.5, 0.6) is 0 Å². The summed E-state index contributed by atoms with van der Waals surface area (Å²) in [5.74, 6) is 0.321. The minimum Gasteiger partial charge on any atom is -0.458 e. The average Bonchev–Trinajstić information content (AvgIpc) is 3.41. The van der Waals surface area contributed by atoms with Gasteiger partial charge in [-0.2, -0.15) is 5.26 Å². The van der Waals surface area contributed by atoms with E-state index in [2.05, 4.69) is 11.4 Å². The van der Waals surface area contributed by atoms with Crippen LogP contribution in [0.25, 0.3) is 0 Å². The van der Waals surface area contributed by atoms with Crippen molar-refractivity contribution in [1.29, 1.82) is 5.26 Å². The van der Waals surface area contributed by atoms with E-state index < -0.39 is 29.0 Å². The molecule has 2 unspecified atom stereocenters. The molecule has 180 valence electrons. The molecule has 9 heteroatoms. The maximum Gasteiger partial charge on any atom is 0.323 e. The standard InChI is InChI=1S/C24H35N5O4/c1-28-17(2-3-19(26)30)22(32)33-24-9-13-4-14(10-24)8-23(7-13,12-24)20(27)21(31)29-16(11-25)5-15-6-18(15)29/h13-18,20,28H,2-10,12,27H2,1H3,(H2,26,30)/t13?,14?,15-,16+,17+,18+,20-,23?,24?/m1/s1. The third-order valence-electron chi connectivity index (χ3n) is 9.12. The second-order valence-corrected chi connectivity index (χ2v) is 11.4. The first-order valence-corrected chi connectivity index (χ1v) is 12.3. The Labute approximate surface area is 194 Å². The average molecular weight is 458 g/mol. The zero-order chi connectivity index (χ0) is 23.5. The Hall–Kier alpha value is -2.18. The van der Waals surface area contributed by atoms with Gasteiger partial charge in [-0.15, -0.1) is 0 Å². The number of piperidine rings is 1. The highest BCUT2D eigenvalue weighted by Crippen LogP contribution is 2.64. The second-order valence-electron chi connectivity index (χ2n) is 11.4. The zero-order valence-corrected chi connectivity index (χ0v) is 19.3. The predicted molar refractivity (Wildman–Crippen MR) is 118 cm³/mol. The van der Waals surface area contributed by atoms with E-state index in [1.807, 2.05) is 0 Å². The van der Waals surface area contributed by atoms with Crippen molar-refractivity contribution >= 4 is 17.8 Å². The largest absolute Gasteiger partial charge is 0.458 e. The van der Waals surface area contributed by atoms with Crippen LogP contribution in [0, 0.1) is 34.5 Å². The van der Waals surface area contributed by atoms with E-state index in [0.717, 1.165) is 44.9 Å². The SMILES string of the molecule is CN[C@@H](CCC(N)=O)C(=O)OC12CC3CC(C1)CC([C@H](N)C(=O)N1[C@H](C#N)C[C@@H]4C[C@@H]41)(C3)C2. The van der Waals surface area contributed by atoms with Crippen molar-refractivity contribution in [1.82, 2.24) is 10.2 Å². The Bertz CT molecular complexity index is 886. The fraction of sp³-hybridized carbons (Fsp3) is 0.833.